The zero-order chi connectivity index (χ0) is 17.3. The Kier molecular flexibility index (Phi) is 4.93. The van der Waals surface area contributed by atoms with Crippen molar-refractivity contribution in [2.75, 3.05) is 0 Å². The molecule has 0 radical (unpaired) electrons. The number of carbonyl (C=O) groups excluding carboxylic acids is 1. The minimum atomic E-state index is -0.00840. The summed E-state index contributed by atoms with van der Waals surface area (Å²) >= 11 is 12.1. The number of Topliss-reactive ketones (excluding diaryl/α,β-unsaturated/α-hetero) is 1. The van der Waals surface area contributed by atoms with E-state index in [-0.39, 0.29) is 11.5 Å². The van der Waals surface area contributed by atoms with Crippen molar-refractivity contribution in [3.8, 4) is 11.1 Å². The van der Waals surface area contributed by atoms with Crippen molar-refractivity contribution >= 4 is 34.6 Å². The smallest absolute Gasteiger partial charge is 0.166 e. The number of pyridine rings is 1. The molecule has 3 nitrogen and oxygen atoms in total. The highest BCUT2D eigenvalue weighted by atomic mass is 35.5. The first-order valence-corrected chi connectivity index (χ1v) is 8.68. The predicted molar refractivity (Wildman–Crippen MR) is 97.5 cm³/mol. The molecule has 0 unspecified atom stereocenters. The van der Waals surface area contributed by atoms with E-state index in [1.54, 1.807) is 12.1 Å². The number of aliphatic hydroxyl groups is 1. The number of rotatable bonds is 3. The Morgan fingerprint density at radius 2 is 1.92 bits per heavy atom. The van der Waals surface area contributed by atoms with Gasteiger partial charge in [0.1, 0.15) is 16.1 Å². The maximum atomic E-state index is 12.4. The van der Waals surface area contributed by atoms with Gasteiger partial charge in [0, 0.05) is 18.4 Å². The van der Waals surface area contributed by atoms with E-state index < -0.39 is 0 Å². The van der Waals surface area contributed by atoms with E-state index in [9.17, 15) is 9.90 Å². The number of halogens is 2. The van der Waals surface area contributed by atoms with Crippen LogP contribution in [0.25, 0.3) is 16.7 Å². The van der Waals surface area contributed by atoms with Crippen molar-refractivity contribution in [2.45, 2.75) is 32.6 Å². The van der Waals surface area contributed by atoms with E-state index in [1.165, 1.54) is 0 Å². The van der Waals surface area contributed by atoms with E-state index in [4.69, 9.17) is 23.2 Å². The number of nitrogens with zero attached hydrogens (tertiary/aromatic N) is 1. The molecule has 0 atom stereocenters. The number of carbonyl (C=O) groups is 1. The van der Waals surface area contributed by atoms with Gasteiger partial charge >= 0.3 is 0 Å². The second-order valence-electron chi connectivity index (χ2n) is 5.80. The van der Waals surface area contributed by atoms with Crippen molar-refractivity contribution in [3.63, 3.8) is 0 Å². The number of hydrogen-bond acceptors (Lipinski definition) is 3. The monoisotopic (exact) mass is 361 g/mol. The van der Waals surface area contributed by atoms with Crippen LogP contribution in [-0.2, 0) is 11.2 Å². The third-order valence-corrected chi connectivity index (χ3v) is 4.77. The standard InChI is InChI=1S/C19H17Cl2NO2/c1-2-11-6-7-12(13-8-9-17(20)22-19(13)21)10-14(11)18-15(23)4-3-5-16(18)24/h6-10,23H,2-5H2,1H3. The van der Waals surface area contributed by atoms with Crippen molar-refractivity contribution in [3.05, 3.63) is 57.5 Å². The van der Waals surface area contributed by atoms with Crippen molar-refractivity contribution < 1.29 is 9.90 Å². The number of aryl methyl sites for hydroxylation is 1. The quantitative estimate of drug-likeness (QED) is 0.719. The third kappa shape index (κ3) is 3.19. The lowest BCUT2D eigenvalue weighted by Crippen LogP contribution is -2.12. The molecule has 2 aromatic rings. The minimum absolute atomic E-state index is 0.00840. The molecule has 1 aliphatic carbocycles. The molecule has 1 aromatic heterocycles. The van der Waals surface area contributed by atoms with E-state index in [1.807, 2.05) is 25.1 Å². The number of ketones is 1. The number of hydrogen-bond donors (Lipinski definition) is 1. The molecule has 1 aromatic carbocycles. The zero-order valence-electron chi connectivity index (χ0n) is 13.3. The van der Waals surface area contributed by atoms with Crippen molar-refractivity contribution in [1.82, 2.24) is 4.98 Å². The molecule has 3 rings (SSSR count). The zero-order valence-corrected chi connectivity index (χ0v) is 14.8. The summed E-state index contributed by atoms with van der Waals surface area (Å²) in [7, 11) is 0. The van der Waals surface area contributed by atoms with Crippen LogP contribution in [0.3, 0.4) is 0 Å². The average Bonchev–Trinajstić information content (AvgIpc) is 2.54. The van der Waals surface area contributed by atoms with E-state index in [2.05, 4.69) is 4.98 Å². The summed E-state index contributed by atoms with van der Waals surface area (Å²) in [6.07, 6.45) is 2.47. The number of aromatic nitrogens is 1. The van der Waals surface area contributed by atoms with Crippen LogP contribution < -0.4 is 0 Å². The average molecular weight is 362 g/mol. The Morgan fingerprint density at radius 3 is 2.58 bits per heavy atom. The summed E-state index contributed by atoms with van der Waals surface area (Å²) in [5.74, 6) is 0.171. The summed E-state index contributed by atoms with van der Waals surface area (Å²) in [5.41, 5.74) is 3.83. The van der Waals surface area contributed by atoms with Gasteiger partial charge in [0.15, 0.2) is 5.78 Å². The number of allylic oxidation sites excluding steroid dienone is 2. The fraction of sp³-hybridized carbons (Fsp3) is 0.263. The molecule has 0 bridgehead atoms. The summed E-state index contributed by atoms with van der Waals surface area (Å²) in [5, 5.41) is 10.9. The maximum Gasteiger partial charge on any atom is 0.166 e. The van der Waals surface area contributed by atoms with Gasteiger partial charge < -0.3 is 5.11 Å². The van der Waals surface area contributed by atoms with E-state index in [0.29, 0.717) is 35.1 Å². The molecule has 0 spiro atoms. The Labute approximate surface area is 150 Å². The Hall–Kier alpha value is -1.84. The second kappa shape index (κ2) is 6.96. The summed E-state index contributed by atoms with van der Waals surface area (Å²) < 4.78 is 0. The Morgan fingerprint density at radius 1 is 1.12 bits per heavy atom. The Balaban J connectivity index is 2.18. The molecule has 0 saturated heterocycles. The van der Waals surface area contributed by atoms with Crippen LogP contribution in [0.4, 0.5) is 0 Å². The first-order valence-electron chi connectivity index (χ1n) is 7.92. The molecule has 5 heteroatoms. The fourth-order valence-electron chi connectivity index (χ4n) is 3.05. The molecule has 0 amide bonds. The van der Waals surface area contributed by atoms with Gasteiger partial charge in [0.2, 0.25) is 0 Å². The van der Waals surface area contributed by atoms with Crippen LogP contribution in [0.5, 0.6) is 0 Å². The van der Waals surface area contributed by atoms with Gasteiger partial charge in [-0.25, -0.2) is 4.98 Å². The molecule has 1 aliphatic rings. The highest BCUT2D eigenvalue weighted by Gasteiger charge is 2.24. The number of aliphatic hydroxyl groups excluding tert-OH is 1. The van der Waals surface area contributed by atoms with Gasteiger partial charge in [0.25, 0.3) is 0 Å². The Bertz CT molecular complexity index is 843. The van der Waals surface area contributed by atoms with Gasteiger partial charge in [-0.1, -0.05) is 42.3 Å². The third-order valence-electron chi connectivity index (χ3n) is 4.27. The van der Waals surface area contributed by atoms with Gasteiger partial charge in [-0.2, -0.15) is 0 Å². The lowest BCUT2D eigenvalue weighted by atomic mass is 9.86. The summed E-state index contributed by atoms with van der Waals surface area (Å²) in [4.78, 5) is 16.4. The molecule has 0 saturated carbocycles. The van der Waals surface area contributed by atoms with Gasteiger partial charge in [-0.3, -0.25) is 4.79 Å². The molecule has 124 valence electrons. The molecular weight excluding hydrogens is 345 g/mol. The largest absolute Gasteiger partial charge is 0.512 e. The topological polar surface area (TPSA) is 50.2 Å². The summed E-state index contributed by atoms with van der Waals surface area (Å²) in [6, 6.07) is 9.31. The van der Waals surface area contributed by atoms with Crippen LogP contribution in [0.15, 0.2) is 36.1 Å². The van der Waals surface area contributed by atoms with E-state index in [0.717, 1.165) is 28.7 Å². The first kappa shape index (κ1) is 17.0. The molecule has 1 N–H and O–H groups in total. The minimum Gasteiger partial charge on any atom is -0.512 e. The SMILES string of the molecule is CCc1ccc(-c2ccc(Cl)nc2Cl)cc1C1=C(O)CCCC1=O. The fourth-order valence-corrected chi connectivity index (χ4v) is 3.50. The first-order chi connectivity index (χ1) is 11.5. The summed E-state index contributed by atoms with van der Waals surface area (Å²) in [6.45, 7) is 2.03. The normalized spacial score (nSPS) is 15.0. The lowest BCUT2D eigenvalue weighted by Gasteiger charge is -2.19. The molecule has 1 heterocycles. The van der Waals surface area contributed by atoms with Gasteiger partial charge in [0.05, 0.1) is 5.57 Å². The van der Waals surface area contributed by atoms with Crippen LogP contribution >= 0.6 is 23.2 Å². The second-order valence-corrected chi connectivity index (χ2v) is 6.54. The van der Waals surface area contributed by atoms with Crippen molar-refractivity contribution in [1.29, 1.82) is 0 Å². The van der Waals surface area contributed by atoms with Gasteiger partial charge in [-0.15, -0.1) is 0 Å². The highest BCUT2D eigenvalue weighted by Crippen LogP contribution is 2.35. The lowest BCUT2D eigenvalue weighted by molar-refractivity contribution is -0.114. The van der Waals surface area contributed by atoms with Crippen LogP contribution in [0.1, 0.15) is 37.3 Å². The molecular formula is C19H17Cl2NO2. The van der Waals surface area contributed by atoms with Gasteiger partial charge in [-0.05, 0) is 47.7 Å². The maximum absolute atomic E-state index is 12.4. The van der Waals surface area contributed by atoms with E-state index >= 15 is 0 Å². The predicted octanol–water partition coefficient (Wildman–Crippen LogP) is 5.64. The van der Waals surface area contributed by atoms with Crippen molar-refractivity contribution in [2.24, 2.45) is 0 Å². The highest BCUT2D eigenvalue weighted by molar-refractivity contribution is 6.34. The van der Waals surface area contributed by atoms with Crippen LogP contribution in [0.2, 0.25) is 10.3 Å². The molecule has 24 heavy (non-hydrogen) atoms. The van der Waals surface area contributed by atoms with Crippen LogP contribution in [-0.4, -0.2) is 15.9 Å². The molecule has 0 aliphatic heterocycles. The number of benzene rings is 1. The molecule has 0 fully saturated rings. The van der Waals surface area contributed by atoms with Crippen LogP contribution in [0, 0.1) is 0 Å².